The normalized spacial score (nSPS) is 9.47. The van der Waals surface area contributed by atoms with Crippen LogP contribution >= 0.6 is 0 Å². The van der Waals surface area contributed by atoms with Gasteiger partial charge in [0, 0.05) is 0 Å². The number of rotatable bonds is 2. The zero-order valence-corrected chi connectivity index (χ0v) is 11.9. The molecule has 2 rings (SSSR count). The molecule has 0 saturated heterocycles. The molecule has 80 valence electrons. The largest absolute Gasteiger partial charge is 1.00 e. The van der Waals surface area contributed by atoms with Gasteiger partial charge in [0.1, 0.15) is 0 Å². The van der Waals surface area contributed by atoms with E-state index in [1.54, 1.807) is 24.3 Å². The molecule has 0 bridgehead atoms. The SMILES string of the molecule is Cc1ccccc1-c1ccc(C(=O)[O-])cc1.[Na+]. The van der Waals surface area contributed by atoms with E-state index in [1.807, 2.05) is 31.2 Å². The van der Waals surface area contributed by atoms with E-state index in [1.165, 1.54) is 5.56 Å². The molecule has 2 nitrogen and oxygen atoms in total. The summed E-state index contributed by atoms with van der Waals surface area (Å²) in [5, 5.41) is 10.6. The first-order valence-corrected chi connectivity index (χ1v) is 5.06. The van der Waals surface area contributed by atoms with E-state index in [-0.39, 0.29) is 35.1 Å². The third-order valence-corrected chi connectivity index (χ3v) is 2.58. The Labute approximate surface area is 123 Å². The summed E-state index contributed by atoms with van der Waals surface area (Å²) in [5.41, 5.74) is 3.51. The minimum Gasteiger partial charge on any atom is -0.545 e. The maximum absolute atomic E-state index is 10.6. The zero-order valence-electron chi connectivity index (χ0n) is 9.94. The van der Waals surface area contributed by atoms with Crippen molar-refractivity contribution in [3.05, 3.63) is 59.7 Å². The van der Waals surface area contributed by atoms with E-state index in [2.05, 4.69) is 0 Å². The van der Waals surface area contributed by atoms with E-state index in [9.17, 15) is 9.90 Å². The Hall–Kier alpha value is -1.09. The Morgan fingerprint density at radius 2 is 1.59 bits per heavy atom. The summed E-state index contributed by atoms with van der Waals surface area (Å²) in [7, 11) is 0. The van der Waals surface area contributed by atoms with Gasteiger partial charge in [-0.3, -0.25) is 0 Å². The van der Waals surface area contributed by atoms with E-state index >= 15 is 0 Å². The number of carboxylic acid groups (broad SMARTS) is 1. The number of aryl methyl sites for hydroxylation is 1. The van der Waals surface area contributed by atoms with Crippen molar-refractivity contribution in [3.8, 4) is 11.1 Å². The fourth-order valence-corrected chi connectivity index (χ4v) is 1.68. The van der Waals surface area contributed by atoms with Crippen molar-refractivity contribution < 1.29 is 39.5 Å². The Kier molecular flexibility index (Phi) is 4.94. The molecule has 0 heterocycles. The van der Waals surface area contributed by atoms with E-state index < -0.39 is 5.97 Å². The number of benzene rings is 2. The van der Waals surface area contributed by atoms with Crippen LogP contribution in [0.15, 0.2) is 48.5 Å². The van der Waals surface area contributed by atoms with E-state index in [4.69, 9.17) is 0 Å². The maximum atomic E-state index is 10.6. The van der Waals surface area contributed by atoms with E-state index in [0.29, 0.717) is 0 Å². The minimum atomic E-state index is -1.14. The molecule has 0 radical (unpaired) electrons. The fourth-order valence-electron chi connectivity index (χ4n) is 1.68. The third-order valence-electron chi connectivity index (χ3n) is 2.58. The Bertz CT molecular complexity index is 518. The predicted molar refractivity (Wildman–Crippen MR) is 60.9 cm³/mol. The van der Waals surface area contributed by atoms with Gasteiger partial charge in [-0.1, -0.05) is 48.5 Å². The molecule has 0 atom stereocenters. The average molecular weight is 234 g/mol. The summed E-state index contributed by atoms with van der Waals surface area (Å²) in [6, 6.07) is 14.7. The van der Waals surface area contributed by atoms with Crippen molar-refractivity contribution >= 4 is 5.97 Å². The molecule has 17 heavy (non-hydrogen) atoms. The van der Waals surface area contributed by atoms with Crippen LogP contribution in [0.2, 0.25) is 0 Å². The Morgan fingerprint density at radius 3 is 2.12 bits per heavy atom. The molecule has 0 aliphatic heterocycles. The van der Waals surface area contributed by atoms with Crippen LogP contribution in [0, 0.1) is 6.92 Å². The predicted octanol–water partition coefficient (Wildman–Crippen LogP) is -0.970. The molecule has 0 N–H and O–H groups in total. The molecule has 0 aromatic heterocycles. The quantitative estimate of drug-likeness (QED) is 0.627. The average Bonchev–Trinajstić information content (AvgIpc) is 2.30. The van der Waals surface area contributed by atoms with Crippen LogP contribution in [-0.2, 0) is 0 Å². The Morgan fingerprint density at radius 1 is 1.00 bits per heavy atom. The van der Waals surface area contributed by atoms with Gasteiger partial charge in [0.25, 0.3) is 0 Å². The molecule has 3 heteroatoms. The zero-order chi connectivity index (χ0) is 11.5. The first-order chi connectivity index (χ1) is 7.68. The fraction of sp³-hybridized carbons (Fsp3) is 0.0714. The van der Waals surface area contributed by atoms with Crippen LogP contribution in [0.5, 0.6) is 0 Å². The van der Waals surface area contributed by atoms with Gasteiger partial charge in [-0.2, -0.15) is 0 Å². The van der Waals surface area contributed by atoms with Crippen LogP contribution in [-0.4, -0.2) is 5.97 Å². The summed E-state index contributed by atoms with van der Waals surface area (Å²) in [5.74, 6) is -1.14. The molecule has 0 amide bonds. The second-order valence-electron chi connectivity index (χ2n) is 3.68. The molecule has 0 aliphatic carbocycles. The van der Waals surface area contributed by atoms with Crippen molar-refractivity contribution in [2.75, 3.05) is 0 Å². The van der Waals surface area contributed by atoms with Crippen molar-refractivity contribution in [1.82, 2.24) is 0 Å². The minimum absolute atomic E-state index is 0. The number of aromatic carboxylic acids is 1. The van der Waals surface area contributed by atoms with Crippen LogP contribution in [0.1, 0.15) is 15.9 Å². The number of carboxylic acids is 1. The van der Waals surface area contributed by atoms with Crippen molar-refractivity contribution in [3.63, 3.8) is 0 Å². The van der Waals surface area contributed by atoms with Gasteiger partial charge in [-0.25, -0.2) is 0 Å². The summed E-state index contributed by atoms with van der Waals surface area (Å²) in [4.78, 5) is 10.6. The van der Waals surface area contributed by atoms with Gasteiger partial charge >= 0.3 is 29.6 Å². The van der Waals surface area contributed by atoms with Crippen molar-refractivity contribution in [2.24, 2.45) is 0 Å². The van der Waals surface area contributed by atoms with Crippen LogP contribution in [0.25, 0.3) is 11.1 Å². The van der Waals surface area contributed by atoms with Gasteiger partial charge < -0.3 is 9.90 Å². The standard InChI is InChI=1S/C14H12O2.Na/c1-10-4-2-3-5-13(10)11-6-8-12(9-7-11)14(15)16;/h2-9H,1H3,(H,15,16);/q;+1/p-1. The van der Waals surface area contributed by atoms with Gasteiger partial charge in [-0.05, 0) is 29.2 Å². The monoisotopic (exact) mass is 234 g/mol. The molecule has 2 aromatic carbocycles. The molecule has 0 saturated carbocycles. The summed E-state index contributed by atoms with van der Waals surface area (Å²) in [6.45, 7) is 2.03. The molecule has 0 aliphatic rings. The molecule has 0 fully saturated rings. The van der Waals surface area contributed by atoms with Gasteiger partial charge in [0.05, 0.1) is 5.97 Å². The van der Waals surface area contributed by atoms with Crippen LogP contribution < -0.4 is 34.7 Å². The molecule has 2 aromatic rings. The van der Waals surface area contributed by atoms with Gasteiger partial charge in [-0.15, -0.1) is 0 Å². The summed E-state index contributed by atoms with van der Waals surface area (Å²) in [6.07, 6.45) is 0. The van der Waals surface area contributed by atoms with Crippen molar-refractivity contribution in [2.45, 2.75) is 6.92 Å². The number of carbonyl (C=O) groups excluding carboxylic acids is 1. The topological polar surface area (TPSA) is 40.1 Å². The first-order valence-electron chi connectivity index (χ1n) is 5.06. The second-order valence-corrected chi connectivity index (χ2v) is 3.68. The maximum Gasteiger partial charge on any atom is 1.00 e. The summed E-state index contributed by atoms with van der Waals surface area (Å²) < 4.78 is 0. The number of hydrogen-bond donors (Lipinski definition) is 0. The molecule has 0 spiro atoms. The molecular formula is C14H11NaO2. The third kappa shape index (κ3) is 3.19. The van der Waals surface area contributed by atoms with Crippen LogP contribution in [0.4, 0.5) is 0 Å². The Balaban J connectivity index is 0.00000144. The van der Waals surface area contributed by atoms with E-state index in [0.717, 1.165) is 11.1 Å². The van der Waals surface area contributed by atoms with Gasteiger partial charge in [0.15, 0.2) is 0 Å². The number of hydrogen-bond acceptors (Lipinski definition) is 2. The second kappa shape index (κ2) is 6.01. The van der Waals surface area contributed by atoms with Crippen LogP contribution in [0.3, 0.4) is 0 Å². The molecule has 0 unspecified atom stereocenters. The first kappa shape index (κ1) is 14.0. The smallest absolute Gasteiger partial charge is 0.545 e. The van der Waals surface area contributed by atoms with Crippen molar-refractivity contribution in [1.29, 1.82) is 0 Å². The number of carbonyl (C=O) groups is 1. The molecular weight excluding hydrogens is 223 g/mol. The van der Waals surface area contributed by atoms with Gasteiger partial charge in [0.2, 0.25) is 0 Å². The summed E-state index contributed by atoms with van der Waals surface area (Å²) >= 11 is 0.